The molecule has 0 aromatic heterocycles. The van der Waals surface area contributed by atoms with E-state index in [1.54, 1.807) is 0 Å². The topological polar surface area (TPSA) is 58.6 Å². The molecule has 1 fully saturated rings. The largest absolute Gasteiger partial charge is 0.409 e. The Morgan fingerprint density at radius 3 is 2.20 bits per heavy atom. The fourth-order valence-electron chi connectivity index (χ4n) is 1.83. The van der Waals surface area contributed by atoms with Crippen molar-refractivity contribution in [2.45, 2.75) is 37.4 Å². The Labute approximate surface area is 110 Å². The minimum atomic E-state index is -5.75. The van der Waals surface area contributed by atoms with E-state index in [1.807, 2.05) is 0 Å². The lowest BCUT2D eigenvalue weighted by Gasteiger charge is -2.28. The number of alkyl halides is 6. The molecule has 0 bridgehead atoms. The summed E-state index contributed by atoms with van der Waals surface area (Å²) in [6.07, 6.45) is -12.3. The van der Waals surface area contributed by atoms with Crippen molar-refractivity contribution < 1.29 is 41.0 Å². The van der Waals surface area contributed by atoms with Crippen LogP contribution < -0.4 is 5.32 Å². The van der Waals surface area contributed by atoms with Gasteiger partial charge in [0.1, 0.15) is 5.60 Å². The maximum atomic E-state index is 12.3. The second-order valence-corrected chi connectivity index (χ2v) is 4.60. The molecule has 1 rings (SSSR count). The highest BCUT2D eigenvalue weighted by Gasteiger charge is 2.61. The number of carbonyl (C=O) groups is 1. The molecule has 0 aromatic rings. The molecular weight excluding hydrogens is 296 g/mol. The molecule has 118 valence electrons. The third-order valence-corrected chi connectivity index (χ3v) is 3.15. The van der Waals surface area contributed by atoms with E-state index in [-0.39, 0.29) is 13.0 Å². The first-order valence-corrected chi connectivity index (χ1v) is 5.63. The number of hydrogen-bond donors (Lipinski definition) is 2. The van der Waals surface area contributed by atoms with Crippen molar-refractivity contribution in [3.63, 3.8) is 0 Å². The molecule has 4 nitrogen and oxygen atoms in total. The molecule has 0 aromatic carbocycles. The normalized spacial score (nSPS) is 27.9. The summed E-state index contributed by atoms with van der Waals surface area (Å²) in [6.45, 7) is 0.773. The van der Waals surface area contributed by atoms with Gasteiger partial charge in [0, 0.05) is 19.6 Å². The Hall–Kier alpha value is -1.03. The fourth-order valence-corrected chi connectivity index (χ4v) is 1.83. The van der Waals surface area contributed by atoms with Gasteiger partial charge in [-0.25, -0.2) is 0 Å². The fraction of sp³-hybridized carbons (Fsp3) is 0.900. The van der Waals surface area contributed by atoms with Crippen molar-refractivity contribution in [3.8, 4) is 0 Å². The van der Waals surface area contributed by atoms with Gasteiger partial charge >= 0.3 is 12.4 Å². The van der Waals surface area contributed by atoms with E-state index in [9.17, 15) is 36.2 Å². The summed E-state index contributed by atoms with van der Waals surface area (Å²) < 4.78 is 78.6. The first-order valence-electron chi connectivity index (χ1n) is 5.63. The van der Waals surface area contributed by atoms with Crippen LogP contribution in [0.5, 0.6) is 0 Å². The van der Waals surface area contributed by atoms with E-state index in [1.165, 1.54) is 12.2 Å². The Bertz CT molecular complexity index is 355. The Kier molecular flexibility index (Phi) is 4.59. The Balaban J connectivity index is 2.74. The number of ether oxygens (including phenoxy) is 1. The third-order valence-electron chi connectivity index (χ3n) is 3.15. The molecule has 1 heterocycles. The van der Waals surface area contributed by atoms with Crippen LogP contribution in [0.15, 0.2) is 0 Å². The van der Waals surface area contributed by atoms with E-state index in [2.05, 4.69) is 0 Å². The molecule has 0 aliphatic carbocycles. The number of nitrogens with one attached hydrogen (secondary N) is 1. The first-order chi connectivity index (χ1) is 8.88. The van der Waals surface area contributed by atoms with Gasteiger partial charge in [0.2, 0.25) is 11.8 Å². The summed E-state index contributed by atoms with van der Waals surface area (Å²) in [4.78, 5) is 11.1. The predicted octanol–water partition coefficient (Wildman–Crippen LogP) is 1.38. The number of hydrogen-bond acceptors (Lipinski definition) is 3. The molecule has 1 aliphatic rings. The lowest BCUT2D eigenvalue weighted by atomic mass is 9.96. The molecule has 0 saturated carbocycles. The molecule has 1 saturated heterocycles. The van der Waals surface area contributed by atoms with Gasteiger partial charge in [0.15, 0.2) is 0 Å². The lowest BCUT2D eigenvalue weighted by molar-refractivity contribution is -0.274. The van der Waals surface area contributed by atoms with Crippen molar-refractivity contribution in [2.24, 2.45) is 5.92 Å². The van der Waals surface area contributed by atoms with Crippen LogP contribution in [0, 0.1) is 5.92 Å². The Morgan fingerprint density at radius 2 is 1.85 bits per heavy atom. The summed E-state index contributed by atoms with van der Waals surface area (Å²) in [5.74, 6) is -6.35. The summed E-state index contributed by atoms with van der Waals surface area (Å²) >= 11 is 0. The smallest absolute Gasteiger partial charge is 0.385 e. The zero-order chi connectivity index (χ0) is 15.8. The number of halogens is 6. The van der Waals surface area contributed by atoms with Crippen molar-refractivity contribution in [2.75, 3.05) is 13.2 Å². The third kappa shape index (κ3) is 3.75. The van der Waals surface area contributed by atoms with Crippen LogP contribution in [-0.2, 0) is 9.53 Å². The van der Waals surface area contributed by atoms with Crippen molar-refractivity contribution in [3.05, 3.63) is 0 Å². The minimum absolute atomic E-state index is 0.0111. The molecule has 2 unspecified atom stereocenters. The van der Waals surface area contributed by atoms with Gasteiger partial charge in [-0.15, -0.1) is 0 Å². The van der Waals surface area contributed by atoms with Crippen LogP contribution >= 0.6 is 0 Å². The average molecular weight is 309 g/mol. The molecule has 0 spiro atoms. The molecular formula is C10H13F6NO3. The molecule has 2 N–H and O–H groups in total. The number of amides is 1. The summed E-state index contributed by atoms with van der Waals surface area (Å²) in [5, 5.41) is 11.4. The summed E-state index contributed by atoms with van der Waals surface area (Å²) in [6, 6.07) is 0. The van der Waals surface area contributed by atoms with Gasteiger partial charge in [-0.3, -0.25) is 4.79 Å². The predicted molar refractivity (Wildman–Crippen MR) is 53.6 cm³/mol. The van der Waals surface area contributed by atoms with E-state index in [0.29, 0.717) is 0 Å². The maximum absolute atomic E-state index is 12.3. The van der Waals surface area contributed by atoms with Crippen molar-refractivity contribution in [1.29, 1.82) is 0 Å². The van der Waals surface area contributed by atoms with Crippen LogP contribution in [-0.4, -0.2) is 48.2 Å². The number of rotatable bonds is 3. The SMILES string of the molecule is CC1OCCC1(O)CNC(=O)C(C(F)(F)F)C(F)(F)F. The quantitative estimate of drug-likeness (QED) is 0.775. The van der Waals surface area contributed by atoms with Gasteiger partial charge in [-0.2, -0.15) is 26.3 Å². The van der Waals surface area contributed by atoms with Crippen LogP contribution in [0.4, 0.5) is 26.3 Å². The second-order valence-electron chi connectivity index (χ2n) is 4.60. The average Bonchev–Trinajstić information content (AvgIpc) is 2.53. The highest BCUT2D eigenvalue weighted by Crippen LogP contribution is 2.39. The van der Waals surface area contributed by atoms with Gasteiger partial charge in [0.25, 0.3) is 0 Å². The van der Waals surface area contributed by atoms with E-state index < -0.39 is 42.4 Å². The molecule has 1 aliphatic heterocycles. The van der Waals surface area contributed by atoms with Gasteiger partial charge in [-0.1, -0.05) is 0 Å². The minimum Gasteiger partial charge on any atom is -0.385 e. The maximum Gasteiger partial charge on any atom is 0.409 e. The first kappa shape index (κ1) is 17.0. The highest BCUT2D eigenvalue weighted by atomic mass is 19.4. The summed E-state index contributed by atoms with van der Waals surface area (Å²) in [7, 11) is 0. The standard InChI is InChI=1S/C10H13F6NO3/c1-5-8(19,2-3-20-5)4-17-7(18)6(9(11,12)13)10(14,15)16/h5-6,19H,2-4H2,1H3,(H,17,18). The van der Waals surface area contributed by atoms with Gasteiger partial charge < -0.3 is 15.2 Å². The zero-order valence-electron chi connectivity index (χ0n) is 10.3. The molecule has 0 radical (unpaired) electrons. The van der Waals surface area contributed by atoms with E-state index in [0.717, 1.165) is 0 Å². The molecule has 10 heteroatoms. The van der Waals surface area contributed by atoms with Crippen LogP contribution in [0.1, 0.15) is 13.3 Å². The molecule has 2 atom stereocenters. The van der Waals surface area contributed by atoms with E-state index in [4.69, 9.17) is 4.74 Å². The summed E-state index contributed by atoms with van der Waals surface area (Å²) in [5.41, 5.74) is -1.67. The van der Waals surface area contributed by atoms with Crippen LogP contribution in [0.25, 0.3) is 0 Å². The lowest BCUT2D eigenvalue weighted by Crippen LogP contribution is -2.53. The second kappa shape index (κ2) is 5.40. The van der Waals surface area contributed by atoms with Crippen molar-refractivity contribution in [1.82, 2.24) is 5.32 Å². The van der Waals surface area contributed by atoms with Crippen LogP contribution in [0.2, 0.25) is 0 Å². The van der Waals surface area contributed by atoms with Gasteiger partial charge in [0.05, 0.1) is 6.10 Å². The molecule has 1 amide bonds. The number of aliphatic hydroxyl groups is 1. The highest BCUT2D eigenvalue weighted by molar-refractivity contribution is 5.80. The van der Waals surface area contributed by atoms with E-state index >= 15 is 0 Å². The molecule has 20 heavy (non-hydrogen) atoms. The van der Waals surface area contributed by atoms with Crippen LogP contribution in [0.3, 0.4) is 0 Å². The van der Waals surface area contributed by atoms with Crippen molar-refractivity contribution >= 4 is 5.91 Å². The zero-order valence-corrected chi connectivity index (χ0v) is 10.3. The van der Waals surface area contributed by atoms with Gasteiger partial charge in [-0.05, 0) is 6.92 Å². The Morgan fingerprint density at radius 1 is 1.35 bits per heavy atom. The monoisotopic (exact) mass is 309 g/mol. The number of carbonyl (C=O) groups excluding carboxylic acids is 1.